The van der Waals surface area contributed by atoms with Crippen LogP contribution in [0.15, 0.2) is 36.4 Å². The molecule has 5 rings (SSSR count). The zero-order valence-corrected chi connectivity index (χ0v) is 21.4. The van der Waals surface area contributed by atoms with Crippen LogP contribution in [0.25, 0.3) is 0 Å². The molecule has 4 N–H and O–H groups in total. The highest BCUT2D eigenvalue weighted by Crippen LogP contribution is 2.40. The van der Waals surface area contributed by atoms with Gasteiger partial charge in [-0.25, -0.2) is 0 Å². The van der Waals surface area contributed by atoms with E-state index < -0.39 is 12.0 Å². The van der Waals surface area contributed by atoms with E-state index in [1.54, 1.807) is 6.07 Å². The van der Waals surface area contributed by atoms with Crippen LogP contribution in [-0.2, 0) is 27.3 Å². The number of aromatic nitrogens is 5. The third kappa shape index (κ3) is 5.89. The number of nitrogens with one attached hydrogen (secondary N) is 3. The number of fused-ring (bicyclic) bond motifs is 1. The van der Waals surface area contributed by atoms with Crippen LogP contribution in [0.3, 0.4) is 0 Å². The number of carboxylic acid groups (broad SMARTS) is 1. The molecule has 3 heterocycles. The van der Waals surface area contributed by atoms with Gasteiger partial charge >= 0.3 is 5.97 Å². The molecule has 12 nitrogen and oxygen atoms in total. The number of benzene rings is 1. The lowest BCUT2D eigenvalue weighted by atomic mass is 9.83. The van der Waals surface area contributed by atoms with Crippen LogP contribution >= 0.6 is 0 Å². The maximum atomic E-state index is 13.9. The monoisotopic (exact) mass is 533 g/mol. The zero-order valence-electron chi connectivity index (χ0n) is 21.4. The number of para-hydroxylation sites is 1. The molecule has 0 radical (unpaired) electrons. The normalized spacial score (nSPS) is 17.6. The molecule has 0 bridgehead atoms. The van der Waals surface area contributed by atoms with Gasteiger partial charge in [0.15, 0.2) is 5.82 Å². The minimum atomic E-state index is -0.990. The number of carbonyl (C=O) groups excluding carboxylic acids is 3. The summed E-state index contributed by atoms with van der Waals surface area (Å²) in [6.07, 6.45) is 4.56. The molecule has 204 valence electrons. The lowest BCUT2D eigenvalue weighted by Crippen LogP contribution is -2.48. The molecule has 0 unspecified atom stereocenters. The van der Waals surface area contributed by atoms with Gasteiger partial charge in [-0.1, -0.05) is 36.3 Å². The number of tetrazole rings is 1. The molecule has 39 heavy (non-hydrogen) atoms. The van der Waals surface area contributed by atoms with Gasteiger partial charge < -0.3 is 15.4 Å². The second kappa shape index (κ2) is 11.6. The number of anilines is 1. The number of aromatic amines is 2. The van der Waals surface area contributed by atoms with Crippen LogP contribution < -0.4 is 10.2 Å². The lowest BCUT2D eigenvalue weighted by Gasteiger charge is -2.25. The summed E-state index contributed by atoms with van der Waals surface area (Å²) in [7, 11) is 0. The Morgan fingerprint density at radius 3 is 2.62 bits per heavy atom. The van der Waals surface area contributed by atoms with E-state index in [-0.39, 0.29) is 55.2 Å². The standard InChI is InChI=1S/C27H31N7O5/c35-18(9-12-25(36)37)14-19(16-5-1-2-6-16)20-10-11-21(29-20)27(39)34-22-8-4-3-7-17(22)13-23(34)26(38)28-15-24-30-32-33-31-24/h3-4,7-8,10-11,16,19,23,29H,1-2,5-6,9,12-15H2,(H,28,38)(H,36,37)(H,30,31,32,33)/t19-,23-/m0/s1. The number of aliphatic carboxylic acids is 1. The quantitative estimate of drug-likeness (QED) is 0.291. The van der Waals surface area contributed by atoms with Crippen molar-refractivity contribution in [3.05, 3.63) is 59.2 Å². The number of carboxylic acids is 1. The Bertz CT molecular complexity index is 1350. The highest BCUT2D eigenvalue weighted by molar-refractivity contribution is 6.10. The summed E-state index contributed by atoms with van der Waals surface area (Å²) in [6.45, 7) is 0.0792. The molecule has 2 aliphatic rings. The van der Waals surface area contributed by atoms with Gasteiger partial charge in [0.1, 0.15) is 17.5 Å². The van der Waals surface area contributed by atoms with Crippen molar-refractivity contribution in [1.29, 1.82) is 0 Å². The van der Waals surface area contributed by atoms with Gasteiger partial charge in [-0.15, -0.1) is 10.2 Å². The molecule has 2 atom stereocenters. The van der Waals surface area contributed by atoms with E-state index in [0.717, 1.165) is 36.9 Å². The first-order valence-corrected chi connectivity index (χ1v) is 13.2. The number of nitrogens with zero attached hydrogens (tertiary/aromatic N) is 4. The molecule has 1 fully saturated rings. The Balaban J connectivity index is 1.36. The minimum absolute atomic E-state index is 0.00371. The minimum Gasteiger partial charge on any atom is -0.481 e. The van der Waals surface area contributed by atoms with Crippen LogP contribution in [0.5, 0.6) is 0 Å². The van der Waals surface area contributed by atoms with Crippen molar-refractivity contribution in [3.8, 4) is 0 Å². The predicted molar refractivity (Wildman–Crippen MR) is 139 cm³/mol. The third-order valence-electron chi connectivity index (χ3n) is 7.68. The van der Waals surface area contributed by atoms with Crippen molar-refractivity contribution in [2.24, 2.45) is 5.92 Å². The van der Waals surface area contributed by atoms with Gasteiger partial charge in [0, 0.05) is 36.6 Å². The Morgan fingerprint density at radius 1 is 1.08 bits per heavy atom. The number of amides is 2. The van der Waals surface area contributed by atoms with E-state index >= 15 is 0 Å². The second-order valence-corrected chi connectivity index (χ2v) is 10.2. The van der Waals surface area contributed by atoms with E-state index in [1.807, 2.05) is 30.3 Å². The maximum absolute atomic E-state index is 13.9. The highest BCUT2D eigenvalue weighted by Gasteiger charge is 2.39. The topological polar surface area (TPSA) is 174 Å². The summed E-state index contributed by atoms with van der Waals surface area (Å²) < 4.78 is 0. The first-order chi connectivity index (χ1) is 18.9. The van der Waals surface area contributed by atoms with E-state index in [1.165, 1.54) is 4.90 Å². The molecule has 1 aromatic carbocycles. The first-order valence-electron chi connectivity index (χ1n) is 13.2. The van der Waals surface area contributed by atoms with Crippen molar-refractivity contribution in [3.63, 3.8) is 0 Å². The number of Topliss-reactive ketones (excluding diaryl/α,β-unsaturated/α-hetero) is 1. The second-order valence-electron chi connectivity index (χ2n) is 10.2. The van der Waals surface area contributed by atoms with Crippen molar-refractivity contribution < 1.29 is 24.3 Å². The molecule has 2 aromatic heterocycles. The smallest absolute Gasteiger partial charge is 0.303 e. The fourth-order valence-electron chi connectivity index (χ4n) is 5.75. The summed E-state index contributed by atoms with van der Waals surface area (Å²) in [6, 6.07) is 10.2. The van der Waals surface area contributed by atoms with E-state index in [4.69, 9.17) is 5.11 Å². The fraction of sp³-hybridized carbons (Fsp3) is 0.444. The molecule has 1 aliphatic heterocycles. The van der Waals surface area contributed by atoms with Crippen LogP contribution in [0.4, 0.5) is 5.69 Å². The number of H-pyrrole nitrogens is 2. The fourth-order valence-corrected chi connectivity index (χ4v) is 5.75. The summed E-state index contributed by atoms with van der Waals surface area (Å²) in [5.74, 6) is -1.25. The van der Waals surface area contributed by atoms with Crippen molar-refractivity contribution in [2.45, 2.75) is 69.9 Å². The summed E-state index contributed by atoms with van der Waals surface area (Å²) in [4.78, 5) is 55.4. The Labute approximate surface area is 224 Å². The van der Waals surface area contributed by atoms with Gasteiger partial charge in [-0.3, -0.25) is 24.1 Å². The molecular formula is C27H31N7O5. The van der Waals surface area contributed by atoms with Crippen molar-refractivity contribution >= 4 is 29.3 Å². The molecule has 1 saturated carbocycles. The third-order valence-corrected chi connectivity index (χ3v) is 7.68. The van der Waals surface area contributed by atoms with E-state index in [2.05, 4.69) is 30.9 Å². The average Bonchev–Trinajstić information content (AvgIpc) is 3.74. The van der Waals surface area contributed by atoms with Crippen molar-refractivity contribution in [2.75, 3.05) is 4.90 Å². The molecular weight excluding hydrogens is 502 g/mol. The van der Waals surface area contributed by atoms with Gasteiger partial charge in [0.05, 0.1) is 13.0 Å². The Hall–Kier alpha value is -4.35. The Morgan fingerprint density at radius 2 is 1.87 bits per heavy atom. The van der Waals surface area contributed by atoms with Gasteiger partial charge in [-0.2, -0.15) is 5.21 Å². The van der Waals surface area contributed by atoms with Crippen LogP contribution in [-0.4, -0.2) is 60.3 Å². The van der Waals surface area contributed by atoms with Gasteiger partial charge in [-0.05, 0) is 42.5 Å². The molecule has 12 heteroatoms. The number of hydrogen-bond donors (Lipinski definition) is 4. The highest BCUT2D eigenvalue weighted by atomic mass is 16.4. The molecule has 3 aromatic rings. The molecule has 2 amide bonds. The Kier molecular flexibility index (Phi) is 7.80. The van der Waals surface area contributed by atoms with Crippen LogP contribution in [0.1, 0.15) is 78.4 Å². The number of hydrogen-bond acceptors (Lipinski definition) is 7. The van der Waals surface area contributed by atoms with Crippen LogP contribution in [0.2, 0.25) is 0 Å². The number of ketones is 1. The van der Waals surface area contributed by atoms with Gasteiger partial charge in [0.2, 0.25) is 5.91 Å². The number of rotatable bonds is 11. The zero-order chi connectivity index (χ0) is 27.4. The molecule has 0 spiro atoms. The first kappa shape index (κ1) is 26.3. The number of carbonyl (C=O) groups is 4. The summed E-state index contributed by atoms with van der Waals surface area (Å²) in [5.41, 5.74) is 2.69. The lowest BCUT2D eigenvalue weighted by molar-refractivity contribution is -0.138. The average molecular weight is 534 g/mol. The van der Waals surface area contributed by atoms with E-state index in [9.17, 15) is 19.2 Å². The summed E-state index contributed by atoms with van der Waals surface area (Å²) in [5, 5.41) is 25.3. The maximum Gasteiger partial charge on any atom is 0.303 e. The van der Waals surface area contributed by atoms with Crippen molar-refractivity contribution in [1.82, 2.24) is 30.9 Å². The van der Waals surface area contributed by atoms with E-state index in [0.29, 0.717) is 23.6 Å². The molecule has 0 saturated heterocycles. The largest absolute Gasteiger partial charge is 0.481 e. The predicted octanol–water partition coefficient (Wildman–Crippen LogP) is 2.51. The SMILES string of the molecule is O=C(O)CCC(=O)C[C@H](c1ccc(C(=O)N2c3ccccc3C[C@H]2C(=O)NCc2nn[nH]n2)[nH]1)C1CCCC1. The van der Waals surface area contributed by atoms with Gasteiger partial charge in [0.25, 0.3) is 5.91 Å². The van der Waals surface area contributed by atoms with Crippen LogP contribution in [0, 0.1) is 5.92 Å². The molecule has 1 aliphatic carbocycles. The summed E-state index contributed by atoms with van der Waals surface area (Å²) >= 11 is 0.